The zero-order valence-corrected chi connectivity index (χ0v) is 16.6. The monoisotopic (exact) mass is 435 g/mol. The Kier molecular flexibility index (Phi) is 6.73. The van der Waals surface area contributed by atoms with E-state index in [2.05, 4.69) is 20.6 Å². The molecule has 164 valence electrons. The zero-order chi connectivity index (χ0) is 22.4. The third-order valence-corrected chi connectivity index (χ3v) is 4.23. The molecule has 2 N–H and O–H groups in total. The fourth-order valence-corrected chi connectivity index (χ4v) is 2.94. The number of nitrogens with zero attached hydrogens (tertiary/aromatic N) is 3. The van der Waals surface area contributed by atoms with Gasteiger partial charge in [-0.2, -0.15) is 13.2 Å². The number of amides is 2. The number of carbonyl (C=O) groups is 2. The molecule has 11 heteroatoms. The van der Waals surface area contributed by atoms with Crippen molar-refractivity contribution in [3.8, 4) is 0 Å². The summed E-state index contributed by atoms with van der Waals surface area (Å²) < 4.78 is 45.7. The van der Waals surface area contributed by atoms with E-state index in [1.165, 1.54) is 24.4 Å². The molecule has 0 fully saturated rings. The van der Waals surface area contributed by atoms with Crippen molar-refractivity contribution in [1.29, 1.82) is 0 Å². The van der Waals surface area contributed by atoms with Crippen LogP contribution in [-0.2, 0) is 17.5 Å². The molecule has 0 atom stereocenters. The lowest BCUT2D eigenvalue weighted by atomic mass is 10.2. The van der Waals surface area contributed by atoms with Gasteiger partial charge in [-0.15, -0.1) is 0 Å². The van der Waals surface area contributed by atoms with Crippen molar-refractivity contribution in [2.75, 3.05) is 18.5 Å². The third kappa shape index (κ3) is 5.50. The highest BCUT2D eigenvalue weighted by molar-refractivity contribution is 5.93. The molecule has 0 aliphatic rings. The van der Waals surface area contributed by atoms with Crippen LogP contribution in [0.25, 0.3) is 11.2 Å². The van der Waals surface area contributed by atoms with Crippen molar-refractivity contribution in [1.82, 2.24) is 19.9 Å². The molecule has 0 radical (unpaired) electrons. The Balaban J connectivity index is 1.57. The van der Waals surface area contributed by atoms with Gasteiger partial charge in [0.05, 0.1) is 12.2 Å². The number of hydrogen-bond acceptors (Lipinski definition) is 5. The number of aryl methyl sites for hydroxylation is 1. The normalized spacial score (nSPS) is 11.4. The lowest BCUT2D eigenvalue weighted by Crippen LogP contribution is -2.30. The minimum Gasteiger partial charge on any atom is -0.462 e. The van der Waals surface area contributed by atoms with Crippen LogP contribution in [0.1, 0.15) is 29.5 Å². The van der Waals surface area contributed by atoms with Crippen LogP contribution in [0.5, 0.6) is 0 Å². The first-order chi connectivity index (χ1) is 14.8. The van der Waals surface area contributed by atoms with E-state index in [-0.39, 0.29) is 37.3 Å². The summed E-state index contributed by atoms with van der Waals surface area (Å²) in [4.78, 5) is 31.4. The number of benzene rings is 1. The molecule has 31 heavy (non-hydrogen) atoms. The first-order valence-electron chi connectivity index (χ1n) is 9.50. The summed E-state index contributed by atoms with van der Waals surface area (Å²) in [5.41, 5.74) is 0.961. The van der Waals surface area contributed by atoms with E-state index in [0.717, 1.165) is 4.57 Å². The average Bonchev–Trinajstić information content (AvgIpc) is 3.11. The van der Waals surface area contributed by atoms with E-state index in [0.29, 0.717) is 11.3 Å². The predicted molar refractivity (Wildman–Crippen MR) is 107 cm³/mol. The number of alkyl halides is 3. The molecule has 0 unspecified atom stereocenters. The summed E-state index contributed by atoms with van der Waals surface area (Å²) >= 11 is 0. The van der Waals surface area contributed by atoms with Gasteiger partial charge in [0.25, 0.3) is 0 Å². The van der Waals surface area contributed by atoms with Gasteiger partial charge in [0.15, 0.2) is 5.65 Å². The molecule has 0 aliphatic heterocycles. The van der Waals surface area contributed by atoms with Crippen molar-refractivity contribution in [3.05, 3.63) is 54.0 Å². The van der Waals surface area contributed by atoms with Crippen LogP contribution in [0.4, 0.5) is 23.7 Å². The number of esters is 1. The van der Waals surface area contributed by atoms with E-state index in [9.17, 15) is 22.8 Å². The maximum atomic E-state index is 13.3. The van der Waals surface area contributed by atoms with Crippen molar-refractivity contribution in [2.24, 2.45) is 0 Å². The Morgan fingerprint density at radius 1 is 1.19 bits per heavy atom. The molecule has 0 saturated heterocycles. The number of pyridine rings is 1. The maximum absolute atomic E-state index is 13.3. The molecule has 0 saturated carbocycles. The lowest BCUT2D eigenvalue weighted by molar-refractivity contribution is -0.147. The highest BCUT2D eigenvalue weighted by Gasteiger charge is 2.37. The first kappa shape index (κ1) is 22.1. The zero-order valence-electron chi connectivity index (χ0n) is 16.6. The largest absolute Gasteiger partial charge is 0.462 e. The molecule has 0 bridgehead atoms. The minimum absolute atomic E-state index is 0.0268. The van der Waals surface area contributed by atoms with Gasteiger partial charge in [-0.3, -0.25) is 0 Å². The van der Waals surface area contributed by atoms with E-state index in [4.69, 9.17) is 4.74 Å². The second kappa shape index (κ2) is 9.45. The molecule has 0 aliphatic carbocycles. The third-order valence-electron chi connectivity index (χ3n) is 4.23. The average molecular weight is 435 g/mol. The Labute approximate surface area is 175 Å². The number of anilines is 1. The molecule has 3 aromatic rings. The van der Waals surface area contributed by atoms with Gasteiger partial charge in [0.2, 0.25) is 5.82 Å². The maximum Gasteiger partial charge on any atom is 0.449 e. The van der Waals surface area contributed by atoms with Crippen molar-refractivity contribution < 1.29 is 27.5 Å². The molecule has 2 amide bonds. The highest BCUT2D eigenvalue weighted by atomic mass is 19.4. The van der Waals surface area contributed by atoms with Gasteiger partial charge in [0, 0.05) is 25.0 Å². The van der Waals surface area contributed by atoms with Gasteiger partial charge < -0.3 is 19.9 Å². The number of imidazole rings is 1. The molecule has 3 rings (SSSR count). The topological polar surface area (TPSA) is 98.1 Å². The Hall–Kier alpha value is -3.63. The number of nitrogens with one attached hydrogen (secondary N) is 2. The number of halogens is 3. The molecule has 1 aromatic carbocycles. The van der Waals surface area contributed by atoms with Crippen molar-refractivity contribution in [3.63, 3.8) is 0 Å². The van der Waals surface area contributed by atoms with Gasteiger partial charge in [-0.05, 0) is 43.7 Å². The molecular formula is C20H20F3N5O3. The summed E-state index contributed by atoms with van der Waals surface area (Å²) in [6.45, 7) is 2.01. The number of rotatable bonds is 7. The number of carbonyl (C=O) groups excluding carboxylic acids is 2. The van der Waals surface area contributed by atoms with Gasteiger partial charge >= 0.3 is 18.2 Å². The van der Waals surface area contributed by atoms with Gasteiger partial charge in [0.1, 0.15) is 5.52 Å². The summed E-state index contributed by atoms with van der Waals surface area (Å²) in [5, 5.41) is 5.14. The van der Waals surface area contributed by atoms with Gasteiger partial charge in [-0.25, -0.2) is 19.6 Å². The van der Waals surface area contributed by atoms with Crippen LogP contribution < -0.4 is 10.6 Å². The molecule has 8 nitrogen and oxygen atoms in total. The Morgan fingerprint density at radius 2 is 2.00 bits per heavy atom. The lowest BCUT2D eigenvalue weighted by Gasteiger charge is -2.12. The SMILES string of the molecule is CCOC(=O)c1cccc(NC(=O)NCCCn2c(C(F)(F)F)nc3cccnc32)c1. The van der Waals surface area contributed by atoms with Crippen LogP contribution >= 0.6 is 0 Å². The molecule has 0 spiro atoms. The van der Waals surface area contributed by atoms with Crippen LogP contribution in [-0.4, -0.2) is 39.7 Å². The van der Waals surface area contributed by atoms with Crippen molar-refractivity contribution >= 4 is 28.9 Å². The van der Waals surface area contributed by atoms with Crippen molar-refractivity contribution in [2.45, 2.75) is 26.1 Å². The van der Waals surface area contributed by atoms with Crippen LogP contribution in [0.3, 0.4) is 0 Å². The molecular weight excluding hydrogens is 415 g/mol. The van der Waals surface area contributed by atoms with E-state index in [1.807, 2.05) is 0 Å². The summed E-state index contributed by atoms with van der Waals surface area (Å²) in [6, 6.07) is 8.65. The Bertz CT molecular complexity index is 1080. The second-order valence-corrected chi connectivity index (χ2v) is 6.47. The summed E-state index contributed by atoms with van der Waals surface area (Å²) in [5.74, 6) is -1.53. The van der Waals surface area contributed by atoms with Crippen LogP contribution in [0, 0.1) is 0 Å². The minimum atomic E-state index is -4.62. The molecule has 2 heterocycles. The first-order valence-corrected chi connectivity index (χ1v) is 9.50. The predicted octanol–water partition coefficient (Wildman–Crippen LogP) is 3.84. The number of aromatic nitrogens is 3. The van der Waals surface area contributed by atoms with Gasteiger partial charge in [-0.1, -0.05) is 6.07 Å². The number of urea groups is 1. The number of ether oxygens (including phenoxy) is 1. The Morgan fingerprint density at radius 3 is 2.74 bits per heavy atom. The number of fused-ring (bicyclic) bond motifs is 1. The second-order valence-electron chi connectivity index (χ2n) is 6.47. The van der Waals surface area contributed by atoms with Crippen LogP contribution in [0.15, 0.2) is 42.6 Å². The number of hydrogen-bond donors (Lipinski definition) is 2. The smallest absolute Gasteiger partial charge is 0.449 e. The quantitative estimate of drug-likeness (QED) is 0.434. The fraction of sp³-hybridized carbons (Fsp3) is 0.300. The summed E-state index contributed by atoms with van der Waals surface area (Å²) in [6.07, 6.45) is -2.99. The van der Waals surface area contributed by atoms with E-state index >= 15 is 0 Å². The standard InChI is InChI=1S/C20H20F3N5O3/c1-2-31-17(29)13-6-3-7-14(12-13)26-19(30)25-10-5-11-28-16-15(8-4-9-24-16)27-18(28)20(21,22)23/h3-4,6-9,12H,2,5,10-11H2,1H3,(H2,25,26,30). The molecule has 2 aromatic heterocycles. The van der Waals surface area contributed by atoms with Crippen LogP contribution in [0.2, 0.25) is 0 Å². The summed E-state index contributed by atoms with van der Waals surface area (Å²) in [7, 11) is 0. The van der Waals surface area contributed by atoms with E-state index < -0.39 is 24.0 Å². The highest BCUT2D eigenvalue weighted by Crippen LogP contribution is 2.30. The fourth-order valence-electron chi connectivity index (χ4n) is 2.94. The van der Waals surface area contributed by atoms with E-state index in [1.54, 1.807) is 25.1 Å².